The zero-order valence-corrected chi connectivity index (χ0v) is 45.0. The summed E-state index contributed by atoms with van der Waals surface area (Å²) in [5, 5.41) is 12.7. The number of aromatic hydroxyl groups is 1. The summed E-state index contributed by atoms with van der Waals surface area (Å²) in [7, 11) is 0. The molecule has 0 fully saturated rings. The molecule has 0 saturated carbocycles. The highest BCUT2D eigenvalue weighted by molar-refractivity contribution is 5.99. The molecule has 0 aliphatic heterocycles. The normalized spacial score (nSPS) is 13.1. The molecule has 10 aromatic rings. The number of hydrogen-bond donors (Lipinski definition) is 1. The second-order valence-electron chi connectivity index (χ2n) is 23.9. The first-order chi connectivity index (χ1) is 36.8. The van der Waals surface area contributed by atoms with E-state index in [1.807, 2.05) is 51.1 Å². The molecule has 8 aromatic carbocycles. The molecule has 2 aromatic heterocycles. The van der Waals surface area contributed by atoms with Gasteiger partial charge in [-0.1, -0.05) is 216 Å². The van der Waals surface area contributed by atoms with Crippen LogP contribution in [0.5, 0.6) is 5.75 Å². The highest BCUT2D eigenvalue weighted by Gasteiger charge is 2.30. The number of fused-ring (bicyclic) bond motifs is 1. The Morgan fingerprint density at radius 2 is 0.986 bits per heavy atom. The molecular formula is C70H69N3O. The lowest BCUT2D eigenvalue weighted by molar-refractivity contribution is 0.446. The van der Waals surface area contributed by atoms with Crippen molar-refractivity contribution in [2.75, 3.05) is 0 Å². The third-order valence-electron chi connectivity index (χ3n) is 14.2. The van der Waals surface area contributed by atoms with Gasteiger partial charge in [0.15, 0.2) is 0 Å². The van der Waals surface area contributed by atoms with Gasteiger partial charge in [0, 0.05) is 28.5 Å². The number of phenolic OH excluding ortho intramolecular Hbond substituents is 1. The van der Waals surface area contributed by atoms with Gasteiger partial charge in [0.2, 0.25) is 0 Å². The Morgan fingerprint density at radius 3 is 1.62 bits per heavy atom. The molecule has 0 atom stereocenters. The van der Waals surface area contributed by atoms with Crippen molar-refractivity contribution in [1.82, 2.24) is 14.5 Å². The number of imidazole rings is 1. The maximum absolute atomic E-state index is 12.7. The van der Waals surface area contributed by atoms with Crippen molar-refractivity contribution in [3.05, 3.63) is 216 Å². The fraction of sp³-hybridized carbons (Fsp3) is 0.229. The summed E-state index contributed by atoms with van der Waals surface area (Å²) >= 11 is 0. The van der Waals surface area contributed by atoms with Crippen LogP contribution in [0.4, 0.5) is 0 Å². The van der Waals surface area contributed by atoms with Gasteiger partial charge in [0.25, 0.3) is 0 Å². The second-order valence-corrected chi connectivity index (χ2v) is 23.9. The summed E-state index contributed by atoms with van der Waals surface area (Å²) < 4.78 is 38.6. The predicted molar refractivity (Wildman–Crippen MR) is 313 cm³/mol. The quantitative estimate of drug-likeness (QED) is 0.165. The molecule has 4 heteroatoms. The molecule has 10 rings (SSSR count). The molecular weight excluding hydrogens is 899 g/mol. The molecule has 0 unspecified atom stereocenters. The lowest BCUT2D eigenvalue weighted by Crippen LogP contribution is -2.17. The van der Waals surface area contributed by atoms with Gasteiger partial charge in [-0.3, -0.25) is 9.55 Å². The van der Waals surface area contributed by atoms with Gasteiger partial charge in [-0.2, -0.15) is 0 Å². The number of aromatic nitrogens is 3. The molecule has 0 amide bonds. The molecule has 370 valence electrons. The maximum Gasteiger partial charge on any atom is 0.149 e. The molecule has 2 heterocycles. The van der Waals surface area contributed by atoms with E-state index >= 15 is 0 Å². The lowest BCUT2D eigenvalue weighted by Gasteiger charge is -2.27. The van der Waals surface area contributed by atoms with E-state index in [1.165, 1.54) is 5.56 Å². The van der Waals surface area contributed by atoms with E-state index in [2.05, 4.69) is 194 Å². The van der Waals surface area contributed by atoms with Crippen molar-refractivity contribution in [2.45, 2.75) is 105 Å². The van der Waals surface area contributed by atoms with Crippen LogP contribution in [0, 0.1) is 0 Å². The average molecular weight is 972 g/mol. The number of pyridine rings is 1. The van der Waals surface area contributed by atoms with Gasteiger partial charge >= 0.3 is 0 Å². The van der Waals surface area contributed by atoms with Crippen LogP contribution in [0.3, 0.4) is 0 Å². The highest BCUT2D eigenvalue weighted by atomic mass is 16.3. The first-order valence-corrected chi connectivity index (χ1v) is 25.8. The maximum atomic E-state index is 12.7. The van der Waals surface area contributed by atoms with E-state index in [1.54, 1.807) is 12.3 Å². The van der Waals surface area contributed by atoms with E-state index in [0.29, 0.717) is 28.2 Å². The summed E-state index contributed by atoms with van der Waals surface area (Å²) in [6.07, 6.45) is 1.68. The van der Waals surface area contributed by atoms with Crippen molar-refractivity contribution in [1.29, 1.82) is 0 Å². The highest BCUT2D eigenvalue weighted by Crippen LogP contribution is 2.46. The Hall–Kier alpha value is -7.82. The van der Waals surface area contributed by atoms with Gasteiger partial charge in [0.1, 0.15) is 11.6 Å². The molecule has 0 aliphatic carbocycles. The second kappa shape index (κ2) is 18.9. The summed E-state index contributed by atoms with van der Waals surface area (Å²) in [6, 6.07) is 56.7. The smallest absolute Gasteiger partial charge is 0.149 e. The van der Waals surface area contributed by atoms with Crippen molar-refractivity contribution >= 4 is 11.0 Å². The molecule has 4 nitrogen and oxygen atoms in total. The lowest BCUT2D eigenvalue weighted by atomic mass is 9.79. The fourth-order valence-corrected chi connectivity index (χ4v) is 9.79. The number of rotatable bonds is 8. The van der Waals surface area contributed by atoms with Crippen molar-refractivity contribution in [3.63, 3.8) is 0 Å². The van der Waals surface area contributed by atoms with Gasteiger partial charge in [-0.05, 0) is 137 Å². The number of benzene rings is 8. The fourth-order valence-electron chi connectivity index (χ4n) is 9.79. The topological polar surface area (TPSA) is 50.9 Å². The van der Waals surface area contributed by atoms with Crippen molar-refractivity contribution in [3.8, 4) is 89.7 Å². The van der Waals surface area contributed by atoms with E-state index in [4.69, 9.17) is 12.7 Å². The minimum Gasteiger partial charge on any atom is -0.507 e. The predicted octanol–water partition coefficient (Wildman–Crippen LogP) is 19.0. The third-order valence-corrected chi connectivity index (χ3v) is 14.2. The van der Waals surface area contributed by atoms with Crippen LogP contribution in [-0.2, 0) is 21.7 Å². The van der Waals surface area contributed by atoms with E-state index in [9.17, 15) is 7.85 Å². The SMILES string of the molecule is [2H]c1c([2H])c(C(C)(C)C)c([2H])c([2H])c1-c1ccnc(-c2cc(-c3ccccc3)cc(-c3cccc4c3nc(-c3cc(C(C)(C)C)cc(C(C)(C)C)c3O)n4-c3ccc(-c4ccc(C(C)(C)C)cc4)cc3-c3ccccc3)c2)c1. The molecule has 1 N–H and O–H groups in total. The minimum absolute atomic E-state index is 0.0187. The first-order valence-electron chi connectivity index (χ1n) is 27.8. The number of nitrogens with zero attached hydrogens (tertiary/aromatic N) is 3. The summed E-state index contributed by atoms with van der Waals surface area (Å²) in [4.78, 5) is 10.6. The average Bonchev–Trinajstić information content (AvgIpc) is 4.01. The van der Waals surface area contributed by atoms with Gasteiger partial charge in [-0.25, -0.2) is 4.98 Å². The van der Waals surface area contributed by atoms with Gasteiger partial charge < -0.3 is 5.11 Å². The van der Waals surface area contributed by atoms with Crippen LogP contribution in [-0.4, -0.2) is 19.6 Å². The number of hydrogen-bond acceptors (Lipinski definition) is 3. The summed E-state index contributed by atoms with van der Waals surface area (Å²) in [6.45, 7) is 25.5. The Labute approximate surface area is 445 Å². The molecule has 74 heavy (non-hydrogen) atoms. The van der Waals surface area contributed by atoms with E-state index in [-0.39, 0.29) is 46.3 Å². The Bertz CT molecular complexity index is 3900. The Kier molecular flexibility index (Phi) is 11.5. The number of phenols is 1. The molecule has 0 aliphatic rings. The van der Waals surface area contributed by atoms with Gasteiger partial charge in [-0.15, -0.1) is 0 Å². The molecule has 0 radical (unpaired) electrons. The third kappa shape index (κ3) is 9.86. The molecule has 0 saturated heterocycles. The van der Waals surface area contributed by atoms with Crippen LogP contribution in [0.2, 0.25) is 0 Å². The zero-order valence-electron chi connectivity index (χ0n) is 49.0. The number of para-hydroxylation sites is 1. The minimum atomic E-state index is -0.587. The van der Waals surface area contributed by atoms with Gasteiger partial charge in [0.05, 0.1) is 33.5 Å². The summed E-state index contributed by atoms with van der Waals surface area (Å²) in [5.74, 6) is 0.803. The van der Waals surface area contributed by atoms with Crippen LogP contribution in [0.25, 0.3) is 95.0 Å². The van der Waals surface area contributed by atoms with Crippen LogP contribution >= 0.6 is 0 Å². The molecule has 0 bridgehead atoms. The van der Waals surface area contributed by atoms with E-state index in [0.717, 1.165) is 77.9 Å². The largest absolute Gasteiger partial charge is 0.507 e. The summed E-state index contributed by atoms with van der Waals surface area (Å²) in [5.41, 5.74) is 15.7. The van der Waals surface area contributed by atoms with Crippen molar-refractivity contribution < 1.29 is 10.6 Å². The Morgan fingerprint density at radius 1 is 0.405 bits per heavy atom. The van der Waals surface area contributed by atoms with Crippen LogP contribution in [0.1, 0.15) is 111 Å². The van der Waals surface area contributed by atoms with Crippen LogP contribution in [0.15, 0.2) is 194 Å². The monoisotopic (exact) mass is 972 g/mol. The Balaban J connectivity index is 1.25. The standard InChI is InChI=1S/C70H69N3O/c1-67(2,3)54-31-26-46(27-32-54)49-30-35-62(58(41-49)48-22-17-14-18-23-48)73-63-25-19-24-57(64(63)72-66(73)59-43-56(69(7,8)9)44-60(65(59)74)70(10,11)12)52-38-51(45-20-15-13-16-21-45)39-53(40-52)61-42-50(36-37-71-61)47-28-33-55(34-29-47)68(4,5)6/h13-44,74H,1-12H3/i28D,29D,33D,34D. The molecule has 0 spiro atoms. The van der Waals surface area contributed by atoms with E-state index < -0.39 is 10.8 Å². The first kappa shape index (κ1) is 44.8. The zero-order chi connectivity index (χ0) is 55.8. The van der Waals surface area contributed by atoms with Crippen molar-refractivity contribution in [2.24, 2.45) is 0 Å². The van der Waals surface area contributed by atoms with Crippen LogP contribution < -0.4 is 0 Å².